The van der Waals surface area contributed by atoms with Crippen molar-refractivity contribution < 1.29 is 9.53 Å². The summed E-state index contributed by atoms with van der Waals surface area (Å²) in [6.45, 7) is 4.43. The number of carbonyl (C=O) groups excluding carboxylic acids is 1. The van der Waals surface area contributed by atoms with Crippen LogP contribution in [0.3, 0.4) is 0 Å². The lowest BCUT2D eigenvalue weighted by molar-refractivity contribution is -0.134. The summed E-state index contributed by atoms with van der Waals surface area (Å²) in [5, 5.41) is 9.85. The second-order valence-electron chi connectivity index (χ2n) is 7.98. The van der Waals surface area contributed by atoms with Gasteiger partial charge >= 0.3 is 0 Å². The van der Waals surface area contributed by atoms with Gasteiger partial charge in [-0.1, -0.05) is 0 Å². The third-order valence-corrected chi connectivity index (χ3v) is 5.82. The quantitative estimate of drug-likeness (QED) is 0.736. The zero-order valence-corrected chi connectivity index (χ0v) is 17.5. The van der Waals surface area contributed by atoms with Gasteiger partial charge in [0.2, 0.25) is 5.91 Å². The SMILES string of the molecule is COCCC(=O)N1CCN(c2nc(C3CC3)c(-c3c[c]ncc3)cc2C#N)CC1C. The number of hydrogen-bond acceptors (Lipinski definition) is 6. The summed E-state index contributed by atoms with van der Waals surface area (Å²) < 4.78 is 5.04. The van der Waals surface area contributed by atoms with Crippen molar-refractivity contribution in [2.45, 2.75) is 38.1 Å². The number of amides is 1. The van der Waals surface area contributed by atoms with Crippen LogP contribution in [0, 0.1) is 17.5 Å². The van der Waals surface area contributed by atoms with Gasteiger partial charge in [-0.2, -0.15) is 5.26 Å². The lowest BCUT2D eigenvalue weighted by Crippen LogP contribution is -2.54. The first-order chi connectivity index (χ1) is 14.6. The first-order valence-electron chi connectivity index (χ1n) is 10.4. The number of ether oxygens (including phenoxy) is 1. The van der Waals surface area contributed by atoms with Crippen LogP contribution < -0.4 is 4.90 Å². The van der Waals surface area contributed by atoms with E-state index in [0.717, 1.165) is 35.5 Å². The molecule has 1 amide bonds. The van der Waals surface area contributed by atoms with Gasteiger partial charge in [0.05, 0.1) is 30.5 Å². The van der Waals surface area contributed by atoms with Gasteiger partial charge in [-0.25, -0.2) is 4.98 Å². The lowest BCUT2D eigenvalue weighted by atomic mass is 10.00. The predicted molar refractivity (Wildman–Crippen MR) is 113 cm³/mol. The van der Waals surface area contributed by atoms with E-state index in [2.05, 4.69) is 22.1 Å². The highest BCUT2D eigenvalue weighted by Gasteiger charge is 2.33. The van der Waals surface area contributed by atoms with E-state index in [1.807, 2.05) is 30.0 Å². The van der Waals surface area contributed by atoms with Crippen molar-refractivity contribution in [3.05, 3.63) is 41.9 Å². The number of piperazine rings is 1. The molecule has 30 heavy (non-hydrogen) atoms. The number of rotatable bonds is 6. The Morgan fingerprint density at radius 2 is 2.23 bits per heavy atom. The summed E-state index contributed by atoms with van der Waals surface area (Å²) in [6, 6.07) is 8.13. The Bertz CT molecular complexity index is 952. The Morgan fingerprint density at radius 1 is 1.40 bits per heavy atom. The van der Waals surface area contributed by atoms with Crippen LogP contribution in [0.15, 0.2) is 24.4 Å². The minimum absolute atomic E-state index is 0.0512. The number of nitrogens with zero attached hydrogens (tertiary/aromatic N) is 5. The molecular weight excluding hydrogens is 378 g/mol. The molecule has 0 spiro atoms. The fourth-order valence-electron chi connectivity index (χ4n) is 4.08. The topological polar surface area (TPSA) is 82.3 Å². The second kappa shape index (κ2) is 8.80. The normalized spacial score (nSPS) is 18.9. The molecule has 1 aliphatic heterocycles. The molecule has 2 aromatic heterocycles. The third kappa shape index (κ3) is 4.14. The lowest BCUT2D eigenvalue weighted by Gasteiger charge is -2.41. The Morgan fingerprint density at radius 3 is 2.87 bits per heavy atom. The summed E-state index contributed by atoms with van der Waals surface area (Å²) in [7, 11) is 1.61. The van der Waals surface area contributed by atoms with Gasteiger partial charge in [0.25, 0.3) is 0 Å². The van der Waals surface area contributed by atoms with Gasteiger partial charge in [-0.15, -0.1) is 0 Å². The molecule has 1 saturated carbocycles. The van der Waals surface area contributed by atoms with Gasteiger partial charge < -0.3 is 14.5 Å². The van der Waals surface area contributed by atoms with Crippen LogP contribution in [0.2, 0.25) is 0 Å². The molecule has 4 rings (SSSR count). The van der Waals surface area contributed by atoms with Crippen molar-refractivity contribution in [2.24, 2.45) is 0 Å². The van der Waals surface area contributed by atoms with Crippen LogP contribution in [0.25, 0.3) is 11.1 Å². The molecule has 1 radical (unpaired) electrons. The molecule has 1 aliphatic carbocycles. The summed E-state index contributed by atoms with van der Waals surface area (Å²) in [4.78, 5) is 25.5. The van der Waals surface area contributed by atoms with E-state index in [1.54, 1.807) is 13.3 Å². The minimum Gasteiger partial charge on any atom is -0.384 e. The highest BCUT2D eigenvalue weighted by molar-refractivity contribution is 5.77. The molecule has 155 valence electrons. The standard InChI is InChI=1S/C23H26N5O2/c1-16-15-27(10-11-28(16)21(29)7-12-30-2)23-19(14-24)13-20(17-5-8-25-9-6-17)22(26-23)18-3-4-18/h5-6,8,13,16,18H,3-4,7,10-12,15H2,1-2H3. The van der Waals surface area contributed by atoms with E-state index >= 15 is 0 Å². The Hall–Kier alpha value is -2.98. The van der Waals surface area contributed by atoms with Crippen LogP contribution in [0.5, 0.6) is 0 Å². The van der Waals surface area contributed by atoms with Gasteiger partial charge in [-0.05, 0) is 43.5 Å². The number of hydrogen-bond donors (Lipinski definition) is 0. The van der Waals surface area contributed by atoms with E-state index in [4.69, 9.17) is 9.72 Å². The maximum atomic E-state index is 12.4. The number of nitriles is 1. The van der Waals surface area contributed by atoms with Crippen molar-refractivity contribution >= 4 is 11.7 Å². The highest BCUT2D eigenvalue weighted by Crippen LogP contribution is 2.44. The van der Waals surface area contributed by atoms with Crippen molar-refractivity contribution in [3.63, 3.8) is 0 Å². The van der Waals surface area contributed by atoms with Crippen molar-refractivity contribution in [1.29, 1.82) is 5.26 Å². The first kappa shape index (κ1) is 20.3. The molecule has 7 heteroatoms. The molecule has 1 unspecified atom stereocenters. The predicted octanol–water partition coefficient (Wildman–Crippen LogP) is 2.77. The summed E-state index contributed by atoms with van der Waals surface area (Å²) in [5.41, 5.74) is 3.61. The van der Waals surface area contributed by atoms with Gasteiger partial charge in [0.15, 0.2) is 0 Å². The van der Waals surface area contributed by atoms with Crippen molar-refractivity contribution in [3.8, 4) is 17.2 Å². The fraction of sp³-hybridized carbons (Fsp3) is 0.478. The van der Waals surface area contributed by atoms with E-state index in [-0.39, 0.29) is 11.9 Å². The Kier molecular flexibility index (Phi) is 5.96. The molecule has 0 aromatic carbocycles. The second-order valence-corrected chi connectivity index (χ2v) is 7.98. The van der Waals surface area contributed by atoms with E-state index in [1.165, 1.54) is 0 Å². The van der Waals surface area contributed by atoms with Crippen LogP contribution in [-0.4, -0.2) is 60.2 Å². The van der Waals surface area contributed by atoms with E-state index in [9.17, 15) is 10.1 Å². The van der Waals surface area contributed by atoms with Crippen molar-refractivity contribution in [1.82, 2.24) is 14.9 Å². The van der Waals surface area contributed by atoms with E-state index in [0.29, 0.717) is 44.1 Å². The molecule has 1 saturated heterocycles. The zero-order valence-electron chi connectivity index (χ0n) is 17.5. The van der Waals surface area contributed by atoms with Gasteiger partial charge in [-0.3, -0.25) is 9.78 Å². The molecule has 2 aliphatic rings. The van der Waals surface area contributed by atoms with Gasteiger partial charge in [0, 0.05) is 50.5 Å². The maximum Gasteiger partial charge on any atom is 0.225 e. The number of carbonyl (C=O) groups is 1. The molecule has 3 heterocycles. The number of pyridine rings is 2. The first-order valence-corrected chi connectivity index (χ1v) is 10.4. The molecule has 0 N–H and O–H groups in total. The minimum atomic E-state index is 0.0512. The third-order valence-electron chi connectivity index (χ3n) is 5.82. The Labute approximate surface area is 177 Å². The van der Waals surface area contributed by atoms with Crippen LogP contribution in [-0.2, 0) is 9.53 Å². The molecular formula is C23H26N5O2. The van der Waals surface area contributed by atoms with E-state index < -0.39 is 0 Å². The largest absolute Gasteiger partial charge is 0.384 e. The van der Waals surface area contributed by atoms with Crippen LogP contribution in [0.1, 0.15) is 43.4 Å². The fourth-order valence-corrected chi connectivity index (χ4v) is 4.08. The molecule has 0 bridgehead atoms. The number of anilines is 1. The summed E-state index contributed by atoms with van der Waals surface area (Å²) in [5.74, 6) is 1.28. The zero-order chi connectivity index (χ0) is 21.1. The smallest absolute Gasteiger partial charge is 0.225 e. The molecule has 1 atom stereocenters. The van der Waals surface area contributed by atoms with Gasteiger partial charge in [0.1, 0.15) is 11.9 Å². The van der Waals surface area contributed by atoms with Crippen LogP contribution >= 0.6 is 0 Å². The summed E-state index contributed by atoms with van der Waals surface area (Å²) >= 11 is 0. The monoisotopic (exact) mass is 404 g/mol. The number of aromatic nitrogens is 2. The average Bonchev–Trinajstić information content (AvgIpc) is 3.62. The molecule has 2 aromatic rings. The average molecular weight is 404 g/mol. The summed E-state index contributed by atoms with van der Waals surface area (Å²) in [6.07, 6.45) is 7.24. The highest BCUT2D eigenvalue weighted by atomic mass is 16.5. The van der Waals surface area contributed by atoms with Crippen LogP contribution in [0.4, 0.5) is 5.82 Å². The molecule has 7 nitrogen and oxygen atoms in total. The van der Waals surface area contributed by atoms with Crippen molar-refractivity contribution in [2.75, 3.05) is 38.3 Å². The Balaban J connectivity index is 1.61. The maximum absolute atomic E-state index is 12.4. The number of methoxy groups -OCH3 is 1. The molecule has 2 fully saturated rings.